The van der Waals surface area contributed by atoms with Gasteiger partial charge in [0.25, 0.3) is 11.8 Å². The van der Waals surface area contributed by atoms with Gasteiger partial charge < -0.3 is 16.8 Å². The van der Waals surface area contributed by atoms with Crippen molar-refractivity contribution in [1.82, 2.24) is 9.69 Å². The molecule has 0 unspecified atom stereocenters. The highest BCUT2D eigenvalue weighted by molar-refractivity contribution is 7.09. The van der Waals surface area contributed by atoms with Gasteiger partial charge in [0.2, 0.25) is 5.91 Å². The van der Waals surface area contributed by atoms with E-state index in [1.54, 1.807) is 18.2 Å². The Bertz CT molecular complexity index is 1320. The number of hydrogen-bond donors (Lipinski definition) is 3. The van der Waals surface area contributed by atoms with Gasteiger partial charge in [0, 0.05) is 16.8 Å². The lowest BCUT2D eigenvalue weighted by Crippen LogP contribution is -2.47. The molecular formula is C26H27ClFN5O3S. The number of nitrogens with two attached hydrogens (primary N) is 2. The van der Waals surface area contributed by atoms with Crippen molar-refractivity contribution in [3.63, 3.8) is 0 Å². The molecule has 5 N–H and O–H groups in total. The Morgan fingerprint density at radius 3 is 2.41 bits per heavy atom. The second-order valence-corrected chi connectivity index (χ2v) is 10.2. The van der Waals surface area contributed by atoms with E-state index in [1.165, 1.54) is 29.2 Å². The van der Waals surface area contributed by atoms with Crippen LogP contribution in [0.2, 0.25) is 5.02 Å². The molecule has 194 valence electrons. The predicted octanol–water partition coefficient (Wildman–Crippen LogP) is 4.76. The van der Waals surface area contributed by atoms with Crippen LogP contribution in [0.4, 0.5) is 15.8 Å². The second-order valence-electron chi connectivity index (χ2n) is 9.04. The molecule has 1 atom stereocenters. The largest absolute Gasteiger partial charge is 0.395 e. The van der Waals surface area contributed by atoms with Crippen LogP contribution in [0.1, 0.15) is 69.4 Å². The van der Waals surface area contributed by atoms with E-state index in [0.717, 1.165) is 37.7 Å². The van der Waals surface area contributed by atoms with Crippen molar-refractivity contribution in [2.24, 2.45) is 5.73 Å². The van der Waals surface area contributed by atoms with Crippen LogP contribution in [-0.2, 0) is 4.79 Å². The van der Waals surface area contributed by atoms with Gasteiger partial charge in [-0.25, -0.2) is 4.39 Å². The number of aromatic nitrogens is 1. The Balaban J connectivity index is 1.86. The summed E-state index contributed by atoms with van der Waals surface area (Å²) in [6.45, 7) is 1.81. The number of aryl methyl sites for hydroxylation is 1. The van der Waals surface area contributed by atoms with Crippen molar-refractivity contribution in [3.8, 4) is 0 Å². The molecule has 3 amide bonds. The van der Waals surface area contributed by atoms with E-state index in [0.29, 0.717) is 27.8 Å². The topological polar surface area (TPSA) is 131 Å². The van der Waals surface area contributed by atoms with Crippen LogP contribution in [0.25, 0.3) is 0 Å². The van der Waals surface area contributed by atoms with Gasteiger partial charge in [-0.3, -0.25) is 19.3 Å². The zero-order chi connectivity index (χ0) is 26.7. The monoisotopic (exact) mass is 543 g/mol. The fourth-order valence-corrected chi connectivity index (χ4v) is 5.36. The molecule has 1 aromatic heterocycles. The molecule has 1 fully saturated rings. The first-order chi connectivity index (χ1) is 17.7. The lowest BCUT2D eigenvalue weighted by Gasteiger charge is -2.33. The maximum Gasteiger partial charge on any atom is 0.273 e. The third-order valence-corrected chi connectivity index (χ3v) is 7.71. The maximum atomic E-state index is 14.0. The average molecular weight is 544 g/mol. The number of nitrogen functional groups attached to an aromatic ring is 1. The molecule has 1 aliphatic carbocycles. The number of halogens is 2. The lowest BCUT2D eigenvalue weighted by atomic mass is 9.94. The average Bonchev–Trinajstić information content (AvgIpc) is 3.27. The van der Waals surface area contributed by atoms with E-state index in [4.69, 9.17) is 23.1 Å². The van der Waals surface area contributed by atoms with E-state index < -0.39 is 29.6 Å². The summed E-state index contributed by atoms with van der Waals surface area (Å²) in [5.41, 5.74) is 12.5. The molecule has 4 rings (SSSR count). The minimum atomic E-state index is -1.19. The predicted molar refractivity (Wildman–Crippen MR) is 142 cm³/mol. The van der Waals surface area contributed by atoms with Gasteiger partial charge in [0.1, 0.15) is 16.7 Å². The third-order valence-electron chi connectivity index (χ3n) is 6.45. The van der Waals surface area contributed by atoms with E-state index in [1.807, 2.05) is 6.92 Å². The number of nitrogens with zero attached hydrogens (tertiary/aromatic N) is 2. The number of amides is 3. The quantitative estimate of drug-likeness (QED) is 0.395. The normalized spacial score (nSPS) is 14.7. The van der Waals surface area contributed by atoms with Gasteiger partial charge in [0.05, 0.1) is 5.69 Å². The number of carbonyl (C=O) groups excluding carboxylic acids is 3. The van der Waals surface area contributed by atoms with Crippen molar-refractivity contribution < 1.29 is 18.8 Å². The van der Waals surface area contributed by atoms with Gasteiger partial charge >= 0.3 is 0 Å². The Morgan fingerprint density at radius 1 is 1.14 bits per heavy atom. The molecule has 0 aliphatic heterocycles. The van der Waals surface area contributed by atoms with Gasteiger partial charge in [-0.05, 0) is 66.7 Å². The highest BCUT2D eigenvalue weighted by atomic mass is 35.5. The summed E-state index contributed by atoms with van der Waals surface area (Å²) in [6, 6.07) is 9.11. The summed E-state index contributed by atoms with van der Waals surface area (Å²) in [5.74, 6) is -2.45. The van der Waals surface area contributed by atoms with Gasteiger partial charge in [-0.15, -0.1) is 0 Å². The molecule has 0 radical (unpaired) electrons. The minimum Gasteiger partial charge on any atom is -0.395 e. The Kier molecular flexibility index (Phi) is 8.09. The summed E-state index contributed by atoms with van der Waals surface area (Å²) in [5, 5.41) is 3.46. The van der Waals surface area contributed by atoms with E-state index >= 15 is 0 Å². The molecule has 1 saturated carbocycles. The van der Waals surface area contributed by atoms with Crippen LogP contribution in [0.15, 0.2) is 42.5 Å². The van der Waals surface area contributed by atoms with Crippen molar-refractivity contribution in [2.75, 3.05) is 10.6 Å². The first kappa shape index (κ1) is 26.6. The summed E-state index contributed by atoms with van der Waals surface area (Å²) in [4.78, 5) is 40.8. The van der Waals surface area contributed by atoms with E-state index in [9.17, 15) is 18.8 Å². The number of rotatable bonds is 7. The number of carbonyl (C=O) groups is 3. The number of anilines is 2. The molecule has 3 aromatic rings. The molecule has 37 heavy (non-hydrogen) atoms. The number of hydrogen-bond acceptors (Lipinski definition) is 6. The number of primary amides is 1. The molecule has 11 heteroatoms. The van der Waals surface area contributed by atoms with Gasteiger partial charge in [-0.1, -0.05) is 49.1 Å². The molecule has 8 nitrogen and oxygen atoms in total. The molecule has 0 spiro atoms. The Hall–Kier alpha value is -3.50. The van der Waals surface area contributed by atoms with Crippen molar-refractivity contribution >= 4 is 52.2 Å². The standard InChI is InChI=1S/C26H27ClFN5O3S/c1-14-7-12-18(13-19(14)27)33(26(36)23-20(29)21(24(30)34)32-37-23)22(15-8-10-16(28)11-9-15)25(35)31-17-5-3-2-4-6-17/h7-13,17,22H,2-6,29H2,1H3,(H2,30,34)(H,31,35)/t22-/m0/s1. The number of benzene rings is 2. The smallest absolute Gasteiger partial charge is 0.273 e. The molecule has 0 saturated heterocycles. The first-order valence-corrected chi connectivity index (χ1v) is 13.0. The molecule has 2 aromatic carbocycles. The van der Waals surface area contributed by atoms with Gasteiger partial charge in [-0.2, -0.15) is 4.37 Å². The van der Waals surface area contributed by atoms with Crippen LogP contribution in [0.5, 0.6) is 0 Å². The molecular weight excluding hydrogens is 517 g/mol. The summed E-state index contributed by atoms with van der Waals surface area (Å²) < 4.78 is 17.8. The molecule has 0 bridgehead atoms. The SMILES string of the molecule is Cc1ccc(N(C(=O)c2snc(C(N)=O)c2N)[C@H](C(=O)NC2CCCCC2)c2ccc(F)cc2)cc1Cl. The second kappa shape index (κ2) is 11.3. The molecule has 1 aliphatic rings. The summed E-state index contributed by atoms with van der Waals surface area (Å²) >= 11 is 7.12. The van der Waals surface area contributed by atoms with Crippen LogP contribution in [0.3, 0.4) is 0 Å². The van der Waals surface area contributed by atoms with Gasteiger partial charge in [0.15, 0.2) is 5.69 Å². The fraction of sp³-hybridized carbons (Fsp3) is 0.308. The molecule has 1 heterocycles. The zero-order valence-electron chi connectivity index (χ0n) is 20.2. The highest BCUT2D eigenvalue weighted by Crippen LogP contribution is 2.35. The zero-order valence-corrected chi connectivity index (χ0v) is 21.7. The van der Waals surface area contributed by atoms with Crippen molar-refractivity contribution in [3.05, 3.63) is 75.0 Å². The van der Waals surface area contributed by atoms with Crippen LogP contribution < -0.4 is 21.7 Å². The fourth-order valence-electron chi connectivity index (χ4n) is 4.44. The Labute approximate surface area is 222 Å². The number of nitrogens with one attached hydrogen (secondary N) is 1. The highest BCUT2D eigenvalue weighted by Gasteiger charge is 2.37. The van der Waals surface area contributed by atoms with Crippen LogP contribution in [0, 0.1) is 12.7 Å². The maximum absolute atomic E-state index is 14.0. The van der Waals surface area contributed by atoms with Crippen molar-refractivity contribution in [1.29, 1.82) is 0 Å². The lowest BCUT2D eigenvalue weighted by molar-refractivity contribution is -0.123. The van der Waals surface area contributed by atoms with Crippen LogP contribution in [-0.4, -0.2) is 28.1 Å². The van der Waals surface area contributed by atoms with Crippen LogP contribution >= 0.6 is 23.1 Å². The summed E-state index contributed by atoms with van der Waals surface area (Å²) in [7, 11) is 0. The third kappa shape index (κ3) is 5.75. The van der Waals surface area contributed by atoms with Crippen molar-refractivity contribution in [2.45, 2.75) is 51.1 Å². The summed E-state index contributed by atoms with van der Waals surface area (Å²) in [6.07, 6.45) is 4.75. The first-order valence-electron chi connectivity index (χ1n) is 11.9. The minimum absolute atomic E-state index is 0.0438. The van der Waals surface area contributed by atoms with E-state index in [-0.39, 0.29) is 22.3 Å². The van der Waals surface area contributed by atoms with E-state index in [2.05, 4.69) is 9.69 Å². The Morgan fingerprint density at radius 2 is 1.81 bits per heavy atom.